The van der Waals surface area contributed by atoms with Crippen LogP contribution in [0.2, 0.25) is 0 Å². The number of likely N-dealkylation sites (N-methyl/N-ethyl adjacent to an activating group) is 1. The van der Waals surface area contributed by atoms with Gasteiger partial charge in [0.2, 0.25) is 0 Å². The molecule has 2 aliphatic heterocycles. The number of aliphatic carboxylic acids is 1. The normalized spacial score (nSPS) is 26.9. The van der Waals surface area contributed by atoms with Gasteiger partial charge in [-0.15, -0.1) is 0 Å². The zero-order chi connectivity index (χ0) is 14.9. The van der Waals surface area contributed by atoms with Gasteiger partial charge in [0.15, 0.2) is 0 Å². The lowest BCUT2D eigenvalue weighted by atomic mass is 9.87. The van der Waals surface area contributed by atoms with E-state index in [0.29, 0.717) is 13.1 Å². The number of carbonyl (C=O) groups is 2. The molecule has 2 unspecified atom stereocenters. The quantitative estimate of drug-likeness (QED) is 0.813. The third kappa shape index (κ3) is 3.06. The molecule has 2 amide bonds. The van der Waals surface area contributed by atoms with E-state index in [1.54, 1.807) is 11.8 Å². The van der Waals surface area contributed by atoms with Crippen molar-refractivity contribution < 1.29 is 14.7 Å². The molecule has 20 heavy (non-hydrogen) atoms. The first kappa shape index (κ1) is 15.1. The van der Waals surface area contributed by atoms with Crippen LogP contribution in [0.15, 0.2) is 0 Å². The number of nitrogens with zero attached hydrogens (tertiary/aromatic N) is 3. The molecule has 6 heteroatoms. The summed E-state index contributed by atoms with van der Waals surface area (Å²) in [6.45, 7) is 7.66. The number of rotatable bonds is 2. The molecule has 114 valence electrons. The third-order valence-corrected chi connectivity index (χ3v) is 4.57. The van der Waals surface area contributed by atoms with Crippen molar-refractivity contribution in [2.45, 2.75) is 26.3 Å². The summed E-state index contributed by atoms with van der Waals surface area (Å²) in [5.74, 6) is -1.04. The van der Waals surface area contributed by atoms with Crippen LogP contribution in [0.1, 0.15) is 20.3 Å². The number of hydrogen-bond acceptors (Lipinski definition) is 3. The number of likely N-dealkylation sites (tertiary alicyclic amines) is 1. The van der Waals surface area contributed by atoms with Crippen molar-refractivity contribution in [2.75, 3.05) is 39.8 Å². The van der Waals surface area contributed by atoms with Crippen LogP contribution in [0.5, 0.6) is 0 Å². The van der Waals surface area contributed by atoms with Crippen LogP contribution in [0.4, 0.5) is 4.79 Å². The Hall–Kier alpha value is -1.30. The van der Waals surface area contributed by atoms with Crippen LogP contribution in [-0.2, 0) is 4.79 Å². The van der Waals surface area contributed by atoms with E-state index in [1.165, 1.54) is 0 Å². The summed E-state index contributed by atoms with van der Waals surface area (Å²) in [6, 6.07) is 0.285. The van der Waals surface area contributed by atoms with Gasteiger partial charge in [-0.05, 0) is 26.9 Å². The highest BCUT2D eigenvalue weighted by atomic mass is 16.4. The molecular weight excluding hydrogens is 258 g/mol. The largest absolute Gasteiger partial charge is 0.481 e. The van der Waals surface area contributed by atoms with Gasteiger partial charge in [-0.1, -0.05) is 6.92 Å². The Bertz CT molecular complexity index is 382. The molecule has 0 aromatic carbocycles. The highest BCUT2D eigenvalue weighted by Crippen LogP contribution is 2.26. The predicted octanol–water partition coefficient (Wildman–Crippen LogP) is 0.785. The van der Waals surface area contributed by atoms with Gasteiger partial charge in [0, 0.05) is 38.1 Å². The van der Waals surface area contributed by atoms with E-state index < -0.39 is 5.97 Å². The maximum absolute atomic E-state index is 12.5. The number of amides is 2. The first-order chi connectivity index (χ1) is 9.40. The lowest BCUT2D eigenvalue weighted by Gasteiger charge is -2.44. The van der Waals surface area contributed by atoms with Crippen LogP contribution in [0.25, 0.3) is 0 Å². The Balaban J connectivity index is 1.88. The fourth-order valence-corrected chi connectivity index (χ4v) is 3.02. The molecule has 0 aliphatic carbocycles. The Morgan fingerprint density at radius 1 is 1.20 bits per heavy atom. The van der Waals surface area contributed by atoms with E-state index in [9.17, 15) is 9.59 Å². The summed E-state index contributed by atoms with van der Waals surface area (Å²) >= 11 is 0. The number of hydrogen-bond donors (Lipinski definition) is 1. The van der Waals surface area contributed by atoms with Gasteiger partial charge in [-0.25, -0.2) is 4.79 Å². The molecule has 6 nitrogen and oxygen atoms in total. The zero-order valence-electron chi connectivity index (χ0n) is 12.6. The summed E-state index contributed by atoms with van der Waals surface area (Å²) in [4.78, 5) is 29.4. The van der Waals surface area contributed by atoms with Gasteiger partial charge >= 0.3 is 12.0 Å². The lowest BCUT2D eigenvalue weighted by molar-refractivity contribution is -0.145. The topological polar surface area (TPSA) is 64.1 Å². The molecule has 2 atom stereocenters. The average molecular weight is 283 g/mol. The van der Waals surface area contributed by atoms with Crippen molar-refractivity contribution in [3.8, 4) is 0 Å². The Morgan fingerprint density at radius 3 is 2.45 bits per heavy atom. The van der Waals surface area contributed by atoms with Crippen molar-refractivity contribution in [3.05, 3.63) is 0 Å². The van der Waals surface area contributed by atoms with Gasteiger partial charge in [0.05, 0.1) is 5.92 Å². The Labute approximate surface area is 120 Å². The van der Waals surface area contributed by atoms with E-state index >= 15 is 0 Å². The smallest absolute Gasteiger partial charge is 0.320 e. The Kier molecular flexibility index (Phi) is 4.52. The molecule has 2 fully saturated rings. The minimum atomic E-state index is -0.771. The van der Waals surface area contributed by atoms with Crippen LogP contribution < -0.4 is 0 Å². The molecule has 1 N–H and O–H groups in total. The zero-order valence-corrected chi connectivity index (χ0v) is 12.6. The fourth-order valence-electron chi connectivity index (χ4n) is 3.02. The number of carboxylic acid groups (broad SMARTS) is 1. The first-order valence-corrected chi connectivity index (χ1v) is 7.37. The van der Waals surface area contributed by atoms with E-state index in [-0.39, 0.29) is 23.9 Å². The number of urea groups is 1. The second kappa shape index (κ2) is 5.99. The molecule has 0 bridgehead atoms. The van der Waals surface area contributed by atoms with Crippen molar-refractivity contribution in [1.29, 1.82) is 0 Å². The minimum absolute atomic E-state index is 0.0710. The van der Waals surface area contributed by atoms with Crippen molar-refractivity contribution in [3.63, 3.8) is 0 Å². The molecule has 0 radical (unpaired) electrons. The standard InChI is InChI=1S/C14H25N3O3/c1-10-7-15(3)5-4-6-17(10)14(20)16-8-12(9-16)11(2)13(18)19/h10-12H,4-9H2,1-3H3,(H,18,19). The van der Waals surface area contributed by atoms with Crippen LogP contribution in [0.3, 0.4) is 0 Å². The molecule has 2 saturated heterocycles. The predicted molar refractivity (Wildman–Crippen MR) is 75.5 cm³/mol. The summed E-state index contributed by atoms with van der Waals surface area (Å²) in [6.07, 6.45) is 0.995. The van der Waals surface area contributed by atoms with Crippen LogP contribution in [0, 0.1) is 11.8 Å². The highest BCUT2D eigenvalue weighted by Gasteiger charge is 2.39. The summed E-state index contributed by atoms with van der Waals surface area (Å²) in [5.41, 5.74) is 0. The second-order valence-electron chi connectivity index (χ2n) is 6.23. The maximum atomic E-state index is 12.5. The molecule has 0 aromatic rings. The molecule has 0 aromatic heterocycles. The second-order valence-corrected chi connectivity index (χ2v) is 6.23. The molecular formula is C14H25N3O3. The van der Waals surface area contributed by atoms with Crippen molar-refractivity contribution >= 4 is 12.0 Å². The monoisotopic (exact) mass is 283 g/mol. The number of carboxylic acids is 1. The number of carbonyl (C=O) groups excluding carboxylic acids is 1. The third-order valence-electron chi connectivity index (χ3n) is 4.57. The van der Waals surface area contributed by atoms with Crippen LogP contribution in [-0.4, -0.2) is 77.6 Å². The average Bonchev–Trinajstić information content (AvgIpc) is 2.47. The van der Waals surface area contributed by atoms with Crippen molar-refractivity contribution in [2.24, 2.45) is 11.8 Å². The van der Waals surface area contributed by atoms with E-state index in [4.69, 9.17) is 5.11 Å². The van der Waals surface area contributed by atoms with Gasteiger partial charge < -0.3 is 19.8 Å². The molecule has 0 saturated carbocycles. The first-order valence-electron chi connectivity index (χ1n) is 7.37. The Morgan fingerprint density at radius 2 is 1.85 bits per heavy atom. The SMILES string of the molecule is CC(C(=O)O)C1CN(C(=O)N2CCCN(C)CC2C)C1. The summed E-state index contributed by atoms with van der Waals surface area (Å²) in [5, 5.41) is 8.98. The lowest BCUT2D eigenvalue weighted by Crippen LogP contribution is -2.59. The highest BCUT2D eigenvalue weighted by molar-refractivity contribution is 5.76. The molecule has 0 spiro atoms. The molecule has 2 heterocycles. The maximum Gasteiger partial charge on any atom is 0.320 e. The van der Waals surface area contributed by atoms with E-state index in [2.05, 4.69) is 18.9 Å². The van der Waals surface area contributed by atoms with Gasteiger partial charge in [0.25, 0.3) is 0 Å². The van der Waals surface area contributed by atoms with Gasteiger partial charge in [-0.3, -0.25) is 4.79 Å². The van der Waals surface area contributed by atoms with E-state index in [1.807, 2.05) is 4.90 Å². The summed E-state index contributed by atoms with van der Waals surface area (Å²) < 4.78 is 0. The van der Waals surface area contributed by atoms with Crippen LogP contribution >= 0.6 is 0 Å². The van der Waals surface area contributed by atoms with Gasteiger partial charge in [0.1, 0.15) is 0 Å². The van der Waals surface area contributed by atoms with Gasteiger partial charge in [-0.2, -0.15) is 0 Å². The fraction of sp³-hybridized carbons (Fsp3) is 0.857. The molecule has 2 rings (SSSR count). The van der Waals surface area contributed by atoms with Crippen molar-refractivity contribution in [1.82, 2.24) is 14.7 Å². The molecule has 2 aliphatic rings. The van der Waals surface area contributed by atoms with E-state index in [0.717, 1.165) is 26.1 Å². The summed E-state index contributed by atoms with van der Waals surface area (Å²) in [7, 11) is 2.08. The minimum Gasteiger partial charge on any atom is -0.481 e.